The second-order valence-electron chi connectivity index (χ2n) is 8.40. The van der Waals surface area contributed by atoms with Gasteiger partial charge in [-0.25, -0.2) is 0 Å². The van der Waals surface area contributed by atoms with Crippen molar-refractivity contribution in [2.45, 2.75) is 95.4 Å². The molecule has 0 aromatic rings. The van der Waals surface area contributed by atoms with E-state index in [4.69, 9.17) is 4.74 Å². The van der Waals surface area contributed by atoms with Crippen LogP contribution in [0, 0.1) is 5.92 Å². The third-order valence-corrected chi connectivity index (χ3v) is 6.81. The van der Waals surface area contributed by atoms with Crippen molar-refractivity contribution in [2.24, 2.45) is 5.92 Å². The van der Waals surface area contributed by atoms with Crippen LogP contribution >= 0.6 is 0 Å². The summed E-state index contributed by atoms with van der Waals surface area (Å²) in [6, 6.07) is 0. The van der Waals surface area contributed by atoms with Crippen LogP contribution in [-0.2, 0) is 4.74 Å². The highest BCUT2D eigenvalue weighted by atomic mass is 16.5. The Bertz CT molecular complexity index is 579. The summed E-state index contributed by atoms with van der Waals surface area (Å²) in [5.41, 5.74) is 2.54. The van der Waals surface area contributed by atoms with E-state index in [9.17, 15) is 5.11 Å². The van der Waals surface area contributed by atoms with Crippen LogP contribution in [0.15, 0.2) is 35.6 Å². The molecule has 0 radical (unpaired) electrons. The second-order valence-corrected chi connectivity index (χ2v) is 8.40. The molecule has 146 valence electrons. The van der Waals surface area contributed by atoms with E-state index in [0.29, 0.717) is 5.92 Å². The fourth-order valence-corrected chi connectivity index (χ4v) is 5.58. The van der Waals surface area contributed by atoms with Crippen molar-refractivity contribution in [1.82, 2.24) is 5.32 Å². The standard InChI is InChI=1S/C23H37NO2/c1-4-9-19(10-7-6-8-15-24-3)23-14-13-22(26-23)17-21(25)12-11-20(22)16-18(23)5-2/h5,8,15-16,19,21,24-25H,4,6-7,9-14,17H2,1-3H3/b15-8-,18-5-/t19-,21-,22-,23-/m1/s1. The highest BCUT2D eigenvalue weighted by molar-refractivity contribution is 5.44. The van der Waals surface area contributed by atoms with Crippen LogP contribution in [0.4, 0.5) is 0 Å². The summed E-state index contributed by atoms with van der Waals surface area (Å²) < 4.78 is 7.02. The van der Waals surface area contributed by atoms with E-state index in [1.54, 1.807) is 0 Å². The van der Waals surface area contributed by atoms with Crippen molar-refractivity contribution in [3.8, 4) is 0 Å². The lowest BCUT2D eigenvalue weighted by Gasteiger charge is -2.48. The Hall–Kier alpha value is -1.06. The van der Waals surface area contributed by atoms with Gasteiger partial charge in [-0.3, -0.25) is 0 Å². The molecule has 3 heteroatoms. The van der Waals surface area contributed by atoms with Gasteiger partial charge in [0.1, 0.15) is 0 Å². The first kappa shape index (κ1) is 19.7. The molecule has 3 aliphatic rings. The average Bonchev–Trinajstić information content (AvgIpc) is 2.95. The molecular weight excluding hydrogens is 322 g/mol. The van der Waals surface area contributed by atoms with Gasteiger partial charge < -0.3 is 15.2 Å². The summed E-state index contributed by atoms with van der Waals surface area (Å²) in [6.45, 7) is 4.46. The number of fused-ring (bicyclic) bond motifs is 1. The Morgan fingerprint density at radius 3 is 2.96 bits per heavy atom. The zero-order valence-electron chi connectivity index (χ0n) is 16.9. The van der Waals surface area contributed by atoms with E-state index >= 15 is 0 Å². The van der Waals surface area contributed by atoms with Crippen LogP contribution in [0.3, 0.4) is 0 Å². The monoisotopic (exact) mass is 359 g/mol. The predicted molar refractivity (Wildman–Crippen MR) is 108 cm³/mol. The fraction of sp³-hybridized carbons (Fsp3) is 0.739. The van der Waals surface area contributed by atoms with Crippen LogP contribution in [0.25, 0.3) is 0 Å². The zero-order chi connectivity index (χ0) is 18.6. The van der Waals surface area contributed by atoms with Crippen molar-refractivity contribution < 1.29 is 9.84 Å². The van der Waals surface area contributed by atoms with Gasteiger partial charge in [-0.2, -0.15) is 0 Å². The molecule has 1 spiro atoms. The third kappa shape index (κ3) is 3.53. The molecule has 2 aliphatic heterocycles. The number of aliphatic hydroxyl groups is 1. The molecule has 2 bridgehead atoms. The van der Waals surface area contributed by atoms with Crippen molar-refractivity contribution in [3.63, 3.8) is 0 Å². The van der Waals surface area contributed by atoms with Gasteiger partial charge in [-0.05, 0) is 81.6 Å². The predicted octanol–water partition coefficient (Wildman–Crippen LogP) is 5.03. The van der Waals surface area contributed by atoms with Crippen LogP contribution < -0.4 is 5.32 Å². The van der Waals surface area contributed by atoms with Gasteiger partial charge in [0.05, 0.1) is 17.3 Å². The van der Waals surface area contributed by atoms with Gasteiger partial charge in [0.15, 0.2) is 0 Å². The zero-order valence-corrected chi connectivity index (χ0v) is 16.9. The SMILES string of the molecule is C/C=C1/C=C2CC[C@@H](O)C[C@]23CC[C@@]1([C@H](CCC)CCC/C=C\NC)O3. The van der Waals surface area contributed by atoms with Crippen LogP contribution in [0.2, 0.25) is 0 Å². The topological polar surface area (TPSA) is 41.5 Å². The molecule has 3 nitrogen and oxygen atoms in total. The first-order valence-corrected chi connectivity index (χ1v) is 10.7. The van der Waals surface area contributed by atoms with Gasteiger partial charge in [0, 0.05) is 13.5 Å². The highest BCUT2D eigenvalue weighted by Crippen LogP contribution is 2.59. The fourth-order valence-electron chi connectivity index (χ4n) is 5.58. The van der Waals surface area contributed by atoms with Gasteiger partial charge >= 0.3 is 0 Å². The second kappa shape index (κ2) is 8.31. The molecule has 0 aromatic carbocycles. The molecule has 1 saturated carbocycles. The third-order valence-electron chi connectivity index (χ3n) is 6.81. The Labute approximate surface area is 159 Å². The van der Waals surface area contributed by atoms with Gasteiger partial charge in [0.25, 0.3) is 0 Å². The molecule has 26 heavy (non-hydrogen) atoms. The number of rotatable bonds is 8. The number of aliphatic hydroxyl groups excluding tert-OH is 1. The summed E-state index contributed by atoms with van der Waals surface area (Å²) in [6.07, 6.45) is 19.6. The van der Waals surface area contributed by atoms with Crippen LogP contribution in [0.5, 0.6) is 0 Å². The maximum atomic E-state index is 10.3. The number of hydrogen-bond acceptors (Lipinski definition) is 3. The van der Waals surface area contributed by atoms with E-state index in [1.807, 2.05) is 13.2 Å². The molecule has 1 aliphatic carbocycles. The molecule has 0 aromatic heterocycles. The Kier molecular flexibility index (Phi) is 6.29. The number of hydrogen-bond donors (Lipinski definition) is 2. The number of nitrogens with one attached hydrogen (secondary N) is 1. The van der Waals surface area contributed by atoms with E-state index in [-0.39, 0.29) is 17.3 Å². The number of unbranched alkanes of at least 4 members (excludes halogenated alkanes) is 1. The lowest BCUT2D eigenvalue weighted by atomic mass is 9.73. The maximum absolute atomic E-state index is 10.3. The van der Waals surface area contributed by atoms with E-state index in [0.717, 1.165) is 38.5 Å². The molecule has 2 N–H and O–H groups in total. The first-order chi connectivity index (χ1) is 12.6. The minimum Gasteiger partial charge on any atom is -0.394 e. The van der Waals surface area contributed by atoms with Gasteiger partial charge in [-0.15, -0.1) is 0 Å². The summed E-state index contributed by atoms with van der Waals surface area (Å²) >= 11 is 0. The molecular formula is C23H37NO2. The molecule has 0 unspecified atom stereocenters. The number of ether oxygens (including phenoxy) is 1. The van der Waals surface area contributed by atoms with Crippen molar-refractivity contribution in [1.29, 1.82) is 0 Å². The Morgan fingerprint density at radius 2 is 2.23 bits per heavy atom. The normalized spacial score (nSPS) is 36.2. The Morgan fingerprint density at radius 1 is 1.38 bits per heavy atom. The molecule has 2 fully saturated rings. The first-order valence-electron chi connectivity index (χ1n) is 10.7. The summed E-state index contributed by atoms with van der Waals surface area (Å²) in [7, 11) is 1.95. The average molecular weight is 360 g/mol. The highest BCUT2D eigenvalue weighted by Gasteiger charge is 2.59. The van der Waals surface area contributed by atoms with Crippen LogP contribution in [0.1, 0.15) is 78.1 Å². The maximum Gasteiger partial charge on any atom is 0.0969 e. The minimum absolute atomic E-state index is 0.127. The lowest BCUT2D eigenvalue weighted by Crippen LogP contribution is -2.49. The van der Waals surface area contributed by atoms with Crippen LogP contribution in [-0.4, -0.2) is 29.5 Å². The number of allylic oxidation sites excluding steroid dienone is 2. The van der Waals surface area contributed by atoms with Crippen molar-refractivity contribution in [2.75, 3.05) is 7.05 Å². The van der Waals surface area contributed by atoms with Gasteiger partial charge in [-0.1, -0.05) is 31.6 Å². The van der Waals surface area contributed by atoms with E-state index < -0.39 is 0 Å². The molecule has 4 atom stereocenters. The van der Waals surface area contributed by atoms with E-state index in [1.165, 1.54) is 36.8 Å². The lowest BCUT2D eigenvalue weighted by molar-refractivity contribution is -0.126. The Balaban J connectivity index is 1.83. The van der Waals surface area contributed by atoms with Crippen molar-refractivity contribution in [3.05, 3.63) is 35.6 Å². The van der Waals surface area contributed by atoms with Gasteiger partial charge in [0.2, 0.25) is 0 Å². The summed E-state index contributed by atoms with van der Waals surface area (Å²) in [5.74, 6) is 0.568. The molecule has 0 amide bonds. The summed E-state index contributed by atoms with van der Waals surface area (Å²) in [5, 5.41) is 13.4. The largest absolute Gasteiger partial charge is 0.394 e. The van der Waals surface area contributed by atoms with Crippen molar-refractivity contribution >= 4 is 0 Å². The quantitative estimate of drug-likeness (QED) is 0.598. The molecule has 1 saturated heterocycles. The molecule has 3 rings (SSSR count). The minimum atomic E-state index is -0.202. The van der Waals surface area contributed by atoms with E-state index in [2.05, 4.69) is 37.4 Å². The molecule has 2 heterocycles. The summed E-state index contributed by atoms with van der Waals surface area (Å²) in [4.78, 5) is 0. The smallest absolute Gasteiger partial charge is 0.0969 e.